The number of rotatable bonds is 2. The molecule has 0 bridgehead atoms. The Morgan fingerprint density at radius 3 is 3.00 bits per heavy atom. The molecule has 0 spiro atoms. The number of nitrogens with zero attached hydrogens (tertiary/aromatic N) is 4. The molecule has 132 valence electrons. The molecule has 0 aliphatic carbocycles. The predicted molar refractivity (Wildman–Crippen MR) is 106 cm³/mol. The summed E-state index contributed by atoms with van der Waals surface area (Å²) in [5, 5.41) is 12.7. The van der Waals surface area contributed by atoms with E-state index in [9.17, 15) is 0 Å². The van der Waals surface area contributed by atoms with Crippen LogP contribution in [0.3, 0.4) is 0 Å². The van der Waals surface area contributed by atoms with Gasteiger partial charge < -0.3 is 10.2 Å². The lowest BCUT2D eigenvalue weighted by Crippen LogP contribution is -2.51. The lowest BCUT2D eigenvalue weighted by atomic mass is 9.90. The highest BCUT2D eigenvalue weighted by atomic mass is 32.1. The first-order valence-corrected chi connectivity index (χ1v) is 10.3. The van der Waals surface area contributed by atoms with Gasteiger partial charge in [-0.15, -0.1) is 0 Å². The van der Waals surface area contributed by atoms with Gasteiger partial charge in [-0.1, -0.05) is 10.8 Å². The molecular weight excluding hydrogens is 330 g/mol. The first-order chi connectivity index (χ1) is 12.3. The summed E-state index contributed by atoms with van der Waals surface area (Å²) in [5.74, 6) is 1.58. The third-order valence-corrected chi connectivity index (χ3v) is 5.77. The molecule has 1 fully saturated rings. The van der Waals surface area contributed by atoms with Gasteiger partial charge in [0.05, 0.1) is 5.70 Å². The van der Waals surface area contributed by atoms with Gasteiger partial charge in [0.25, 0.3) is 0 Å². The third kappa shape index (κ3) is 3.60. The Kier molecular flexibility index (Phi) is 5.08. The van der Waals surface area contributed by atoms with E-state index in [1.807, 2.05) is 0 Å². The van der Waals surface area contributed by atoms with Crippen LogP contribution in [0.1, 0.15) is 31.7 Å². The minimum Gasteiger partial charge on any atom is -0.352 e. The largest absolute Gasteiger partial charge is 0.352 e. The van der Waals surface area contributed by atoms with Crippen LogP contribution in [0.5, 0.6) is 0 Å². The maximum absolute atomic E-state index is 5.17. The predicted octanol–water partition coefficient (Wildman–Crippen LogP) is 2.67. The fourth-order valence-electron chi connectivity index (χ4n) is 3.64. The number of allylic oxidation sites excluding steroid dienone is 1. The molecule has 0 amide bonds. The Morgan fingerprint density at radius 2 is 2.24 bits per heavy atom. The molecule has 1 atom stereocenters. The van der Waals surface area contributed by atoms with E-state index in [4.69, 9.17) is 10.1 Å². The van der Waals surface area contributed by atoms with Gasteiger partial charge in [-0.3, -0.25) is 0 Å². The average Bonchev–Trinajstić information content (AvgIpc) is 3.18. The first kappa shape index (κ1) is 16.7. The quantitative estimate of drug-likeness (QED) is 0.828. The summed E-state index contributed by atoms with van der Waals surface area (Å²) in [6.07, 6.45) is 7.83. The van der Waals surface area contributed by atoms with E-state index in [0.717, 1.165) is 63.5 Å². The first-order valence-electron chi connectivity index (χ1n) is 9.31. The van der Waals surface area contributed by atoms with Crippen LogP contribution in [0, 0.1) is 5.92 Å². The van der Waals surface area contributed by atoms with Crippen LogP contribution in [0.25, 0.3) is 5.70 Å². The van der Waals surface area contributed by atoms with Crippen LogP contribution < -0.4 is 5.32 Å². The van der Waals surface area contributed by atoms with E-state index >= 15 is 0 Å². The van der Waals surface area contributed by atoms with Crippen molar-refractivity contribution in [3.8, 4) is 0 Å². The number of amidine groups is 1. The number of nitrogens with one attached hydrogen (secondary N) is 1. The Labute approximate surface area is 153 Å². The number of fused-ring (bicyclic) bond motifs is 1. The topological polar surface area (TPSA) is 43.0 Å². The van der Waals surface area contributed by atoms with E-state index < -0.39 is 0 Å². The molecule has 1 aromatic heterocycles. The van der Waals surface area contributed by atoms with Crippen LogP contribution in [0.4, 0.5) is 0 Å². The molecule has 6 heteroatoms. The molecule has 25 heavy (non-hydrogen) atoms. The van der Waals surface area contributed by atoms with Crippen molar-refractivity contribution in [1.82, 2.24) is 10.2 Å². The van der Waals surface area contributed by atoms with Crippen LogP contribution in [0.2, 0.25) is 0 Å². The van der Waals surface area contributed by atoms with Crippen molar-refractivity contribution in [2.24, 2.45) is 16.0 Å². The van der Waals surface area contributed by atoms with E-state index in [1.165, 1.54) is 11.3 Å². The minimum absolute atomic E-state index is 0.483. The van der Waals surface area contributed by atoms with Crippen molar-refractivity contribution < 1.29 is 4.68 Å². The third-order valence-electron chi connectivity index (χ3n) is 5.09. The summed E-state index contributed by atoms with van der Waals surface area (Å²) in [7, 11) is 0. The summed E-state index contributed by atoms with van der Waals surface area (Å²) in [5.41, 5.74) is 3.52. The van der Waals surface area contributed by atoms with Crippen LogP contribution in [-0.4, -0.2) is 60.1 Å². The molecular formula is C19H26N5S+. The molecule has 1 unspecified atom stereocenters. The molecule has 3 aliphatic rings. The van der Waals surface area contributed by atoms with Crippen molar-refractivity contribution in [3.63, 3.8) is 0 Å². The molecule has 5 nitrogen and oxygen atoms in total. The lowest BCUT2D eigenvalue weighted by Gasteiger charge is -2.33. The maximum Gasteiger partial charge on any atom is 0.173 e. The van der Waals surface area contributed by atoms with Gasteiger partial charge in [-0.05, 0) is 36.3 Å². The van der Waals surface area contributed by atoms with Crippen molar-refractivity contribution in [2.75, 3.05) is 32.7 Å². The van der Waals surface area contributed by atoms with E-state index in [2.05, 4.69) is 50.9 Å². The van der Waals surface area contributed by atoms with Gasteiger partial charge in [-0.25, -0.2) is 4.99 Å². The molecule has 1 saturated heterocycles. The van der Waals surface area contributed by atoms with Gasteiger partial charge in [0.15, 0.2) is 24.3 Å². The molecule has 3 aliphatic heterocycles. The summed E-state index contributed by atoms with van der Waals surface area (Å²) in [6, 6.07) is 2.17. The number of hydrogen-bond donors (Lipinski definition) is 1. The highest BCUT2D eigenvalue weighted by molar-refractivity contribution is 7.08. The normalized spacial score (nSPS) is 24.4. The Hall–Kier alpha value is -1.79. The van der Waals surface area contributed by atoms with Gasteiger partial charge >= 0.3 is 0 Å². The minimum atomic E-state index is 0.483. The van der Waals surface area contributed by atoms with Crippen LogP contribution >= 0.6 is 11.3 Å². The number of piperazine rings is 1. The lowest BCUT2D eigenvalue weighted by molar-refractivity contribution is -0.527. The van der Waals surface area contributed by atoms with Gasteiger partial charge in [-0.2, -0.15) is 11.3 Å². The van der Waals surface area contributed by atoms with E-state index in [0.29, 0.717) is 5.92 Å². The monoisotopic (exact) mass is 356 g/mol. The molecule has 1 aromatic rings. The fourth-order valence-corrected chi connectivity index (χ4v) is 4.29. The molecule has 4 heterocycles. The molecule has 1 N–H and O–H groups in total. The summed E-state index contributed by atoms with van der Waals surface area (Å²) >= 11 is 1.73. The molecule has 4 rings (SSSR count). The summed E-state index contributed by atoms with van der Waals surface area (Å²) < 4.78 is 2.08. The number of hydrogen-bond acceptors (Lipinski definition) is 5. The standard InChI is InChI=1S/C19H26N5S/c1-2-24-10-6-15-4-3-5-17(16-7-13-25-14-16)21-19(18(15)22-24)23-11-8-20-9-12-23/h5,7,10,13-15,20H,2-4,6,8-9,11-12H2,1H3/q+1. The highest BCUT2D eigenvalue weighted by Crippen LogP contribution is 2.27. The van der Waals surface area contributed by atoms with Crippen LogP contribution in [0.15, 0.2) is 33.0 Å². The number of hydrazone groups is 1. The smallest absolute Gasteiger partial charge is 0.173 e. The molecule has 0 radical (unpaired) electrons. The van der Waals surface area contributed by atoms with Gasteiger partial charge in [0.2, 0.25) is 0 Å². The fraction of sp³-hybridized carbons (Fsp3) is 0.526. The van der Waals surface area contributed by atoms with Crippen molar-refractivity contribution in [2.45, 2.75) is 26.2 Å². The second kappa shape index (κ2) is 7.62. The zero-order chi connectivity index (χ0) is 17.1. The van der Waals surface area contributed by atoms with Crippen molar-refractivity contribution >= 4 is 34.8 Å². The second-order valence-corrected chi connectivity index (χ2v) is 7.49. The Balaban J connectivity index is 1.77. The molecule has 0 saturated carbocycles. The number of thiophene rings is 1. The van der Waals surface area contributed by atoms with Crippen molar-refractivity contribution in [3.05, 3.63) is 28.5 Å². The second-order valence-electron chi connectivity index (χ2n) is 6.71. The van der Waals surface area contributed by atoms with Crippen LogP contribution in [-0.2, 0) is 0 Å². The maximum atomic E-state index is 5.17. The SMILES string of the molecule is CC[N+]1=CCC2CCC=C(c3ccsc3)N=C(N3CCNCC3)C2=N1. The highest BCUT2D eigenvalue weighted by Gasteiger charge is 2.32. The Bertz CT molecular complexity index is 723. The zero-order valence-electron chi connectivity index (χ0n) is 14.8. The van der Waals surface area contributed by atoms with Gasteiger partial charge in [0, 0.05) is 49.5 Å². The average molecular weight is 357 g/mol. The van der Waals surface area contributed by atoms with Crippen molar-refractivity contribution in [1.29, 1.82) is 0 Å². The van der Waals surface area contributed by atoms with E-state index in [-0.39, 0.29) is 0 Å². The summed E-state index contributed by atoms with van der Waals surface area (Å²) in [4.78, 5) is 7.59. The summed E-state index contributed by atoms with van der Waals surface area (Å²) in [6.45, 7) is 7.09. The number of aliphatic imine (C=N–C) groups is 1. The van der Waals surface area contributed by atoms with Gasteiger partial charge in [0.1, 0.15) is 0 Å². The Morgan fingerprint density at radius 1 is 1.36 bits per heavy atom. The van der Waals surface area contributed by atoms with E-state index in [1.54, 1.807) is 11.3 Å². The zero-order valence-corrected chi connectivity index (χ0v) is 15.6. The molecule has 0 aromatic carbocycles.